The van der Waals surface area contributed by atoms with E-state index in [4.69, 9.17) is 33.2 Å². The lowest BCUT2D eigenvalue weighted by atomic mass is 9.86. The first-order valence-electron chi connectivity index (χ1n) is 16.6. The molecule has 0 unspecified atom stereocenters. The van der Waals surface area contributed by atoms with Crippen molar-refractivity contribution >= 4 is 43.3 Å². The number of hydrogen-bond acceptors (Lipinski definition) is 13. The molecular formula is C36H55N4O12P. The van der Waals surface area contributed by atoms with Gasteiger partial charge in [0.05, 0.1) is 39.6 Å². The van der Waals surface area contributed by atoms with Crippen molar-refractivity contribution in [1.82, 2.24) is 14.0 Å². The minimum Gasteiger partial charge on any atom is -0.462 e. The summed E-state index contributed by atoms with van der Waals surface area (Å²) in [7, 11) is 3.94. The maximum Gasteiger partial charge on any atom is 0.330 e. The first-order valence-corrected chi connectivity index (χ1v) is 18.2. The first-order chi connectivity index (χ1) is 25.1. The van der Waals surface area contributed by atoms with Crippen LogP contribution < -0.4 is 0 Å². The second-order valence-corrected chi connectivity index (χ2v) is 14.8. The van der Waals surface area contributed by atoms with Crippen molar-refractivity contribution in [3.8, 4) is 0 Å². The van der Waals surface area contributed by atoms with Crippen LogP contribution in [-0.4, -0.2) is 136 Å². The third kappa shape index (κ3) is 16.7. The second kappa shape index (κ2) is 26.2. The molecule has 296 valence electrons. The SMILES string of the molecule is C=CC(=O)OCCN=P(N(C)C)(N(C)C)N(C(CCOC(=O)C=C)CCOC(=O)C=C)C(CCOC(=O)C=C)(CCOC(=O)C=C)CCOC(=O)C=C. The summed E-state index contributed by atoms with van der Waals surface area (Å²) in [4.78, 5) is 73.3. The molecule has 0 spiro atoms. The van der Waals surface area contributed by atoms with Crippen molar-refractivity contribution in [2.75, 3.05) is 74.4 Å². The molecule has 16 nitrogen and oxygen atoms in total. The molecule has 53 heavy (non-hydrogen) atoms. The van der Waals surface area contributed by atoms with Crippen molar-refractivity contribution in [1.29, 1.82) is 0 Å². The predicted molar refractivity (Wildman–Crippen MR) is 200 cm³/mol. The summed E-state index contributed by atoms with van der Waals surface area (Å²) in [6.45, 7) is 19.9. The Balaban J connectivity index is 8.17. The Morgan fingerprint density at radius 1 is 0.528 bits per heavy atom. The maximum absolute atomic E-state index is 12.3. The number of nitrogens with zero attached hydrogens (tertiary/aromatic N) is 4. The fourth-order valence-electron chi connectivity index (χ4n) is 5.35. The number of carbonyl (C=O) groups is 6. The van der Waals surface area contributed by atoms with Gasteiger partial charge in [0.15, 0.2) is 7.51 Å². The minimum absolute atomic E-state index is 0.00225. The van der Waals surface area contributed by atoms with Crippen molar-refractivity contribution < 1.29 is 57.2 Å². The number of esters is 6. The molecule has 0 saturated heterocycles. The molecule has 0 aliphatic heterocycles. The topological polar surface area (TPSA) is 180 Å². The zero-order valence-electron chi connectivity index (χ0n) is 31.4. The molecule has 0 N–H and O–H groups in total. The van der Waals surface area contributed by atoms with Gasteiger partial charge < -0.3 is 28.4 Å². The number of hydrogen-bond donors (Lipinski definition) is 0. The maximum atomic E-state index is 12.3. The zero-order chi connectivity index (χ0) is 40.5. The lowest BCUT2D eigenvalue weighted by molar-refractivity contribution is -0.140. The Bertz CT molecular complexity index is 1280. The molecule has 0 aromatic heterocycles. The summed E-state index contributed by atoms with van der Waals surface area (Å²) in [6.07, 6.45) is 6.58. The van der Waals surface area contributed by atoms with E-state index in [1.165, 1.54) is 0 Å². The molecule has 0 aromatic rings. The Kier molecular flexibility index (Phi) is 23.9. The molecule has 17 heteroatoms. The highest BCUT2D eigenvalue weighted by molar-refractivity contribution is 7.59. The summed E-state index contributed by atoms with van der Waals surface area (Å²) in [5.74, 6) is -4.06. The van der Waals surface area contributed by atoms with Crippen LogP contribution in [-0.2, 0) is 57.2 Å². The third-order valence-electron chi connectivity index (χ3n) is 7.65. The average molecular weight is 767 g/mol. The molecule has 0 atom stereocenters. The van der Waals surface area contributed by atoms with Gasteiger partial charge in [-0.3, -0.25) is 14.1 Å². The van der Waals surface area contributed by atoms with Crippen LogP contribution in [0, 0.1) is 0 Å². The molecule has 0 rings (SSSR count). The Labute approximate surface area is 312 Å². The second-order valence-electron chi connectivity index (χ2n) is 11.4. The Morgan fingerprint density at radius 2 is 0.811 bits per heavy atom. The van der Waals surface area contributed by atoms with E-state index in [0.29, 0.717) is 0 Å². The van der Waals surface area contributed by atoms with Gasteiger partial charge in [-0.1, -0.05) is 39.5 Å². The van der Waals surface area contributed by atoms with Crippen molar-refractivity contribution in [3.63, 3.8) is 0 Å². The highest BCUT2D eigenvalue weighted by Crippen LogP contribution is 2.63. The van der Waals surface area contributed by atoms with Crippen LogP contribution in [0.5, 0.6) is 0 Å². The predicted octanol–water partition coefficient (Wildman–Crippen LogP) is 3.79. The molecule has 0 heterocycles. The van der Waals surface area contributed by atoms with E-state index in [0.717, 1.165) is 36.5 Å². The molecule has 0 aliphatic rings. The lowest BCUT2D eigenvalue weighted by Crippen LogP contribution is -2.57. The minimum atomic E-state index is -3.25. The Morgan fingerprint density at radius 3 is 1.09 bits per heavy atom. The van der Waals surface area contributed by atoms with Gasteiger partial charge >= 0.3 is 35.8 Å². The molecular weight excluding hydrogens is 711 g/mol. The van der Waals surface area contributed by atoms with Crippen molar-refractivity contribution in [3.05, 3.63) is 75.9 Å². The van der Waals surface area contributed by atoms with E-state index < -0.39 is 54.9 Å². The fourth-order valence-corrected chi connectivity index (χ4v) is 9.37. The van der Waals surface area contributed by atoms with Crippen LogP contribution in [0.4, 0.5) is 0 Å². The lowest BCUT2D eigenvalue weighted by Gasteiger charge is -2.57. The number of carbonyl (C=O) groups excluding carboxylic acids is 6. The molecule has 0 aliphatic carbocycles. The third-order valence-corrected chi connectivity index (χ3v) is 11.7. The quantitative estimate of drug-likeness (QED) is 0.0353. The van der Waals surface area contributed by atoms with Gasteiger partial charge in [-0.2, -0.15) is 0 Å². The van der Waals surface area contributed by atoms with Gasteiger partial charge in [-0.25, -0.2) is 33.4 Å². The molecule has 0 aromatic carbocycles. The van der Waals surface area contributed by atoms with Gasteiger partial charge in [0, 0.05) is 67.3 Å². The first kappa shape index (κ1) is 48.4. The molecule has 0 amide bonds. The summed E-state index contributed by atoms with van der Waals surface area (Å²) < 4.78 is 43.6. The van der Waals surface area contributed by atoms with Crippen LogP contribution in [0.3, 0.4) is 0 Å². The van der Waals surface area contributed by atoms with E-state index in [1.807, 2.05) is 9.34 Å². The smallest absolute Gasteiger partial charge is 0.330 e. The summed E-state index contributed by atoms with van der Waals surface area (Å²) in [5, 5.41) is 0. The molecule has 0 saturated carbocycles. The highest BCUT2D eigenvalue weighted by Gasteiger charge is 2.50. The monoisotopic (exact) mass is 766 g/mol. The van der Waals surface area contributed by atoms with E-state index in [-0.39, 0.29) is 78.3 Å². The highest BCUT2D eigenvalue weighted by atomic mass is 31.2. The van der Waals surface area contributed by atoms with Gasteiger partial charge in [-0.05, 0) is 41.0 Å². The average Bonchev–Trinajstić information content (AvgIpc) is 3.14. The van der Waals surface area contributed by atoms with E-state index >= 15 is 0 Å². The standard InChI is InChI=1S/C36H55N4O12P/c1-11-30(41)47-23-17-29(18-24-48-31(42)12-2)40(53(38(7)8,39(9)10)37-22-28-52-35(46)16-6)36(19-25-49-32(43)13-3,20-26-50-33(44)14-4)21-27-51-34(45)15-5/h11-16,29H,1-6,17-28H2,7-10H3. The van der Waals surface area contributed by atoms with Crippen LogP contribution in [0.15, 0.2) is 80.7 Å². The summed E-state index contributed by atoms with van der Waals surface area (Å²) in [6, 6.07) is -0.664. The van der Waals surface area contributed by atoms with Gasteiger partial charge in [0.1, 0.15) is 6.61 Å². The van der Waals surface area contributed by atoms with Crippen molar-refractivity contribution in [2.45, 2.75) is 43.7 Å². The van der Waals surface area contributed by atoms with Gasteiger partial charge in [0.2, 0.25) is 0 Å². The van der Waals surface area contributed by atoms with Crippen LogP contribution in [0.2, 0.25) is 0 Å². The molecule has 0 bridgehead atoms. The molecule has 0 radical (unpaired) electrons. The largest absolute Gasteiger partial charge is 0.462 e. The van der Waals surface area contributed by atoms with E-state index in [1.54, 1.807) is 28.2 Å². The Hall–Kier alpha value is -4.63. The number of rotatable bonds is 29. The number of ether oxygens (including phenoxy) is 6. The molecule has 0 fully saturated rings. The summed E-state index contributed by atoms with van der Waals surface area (Å²) >= 11 is 0. The fraction of sp³-hybridized carbons (Fsp3) is 0.500. The summed E-state index contributed by atoms with van der Waals surface area (Å²) in [5.41, 5.74) is -1.22. The zero-order valence-corrected chi connectivity index (χ0v) is 32.3. The normalized spacial score (nSPS) is 11.2. The van der Waals surface area contributed by atoms with E-state index in [9.17, 15) is 28.8 Å². The van der Waals surface area contributed by atoms with Crippen molar-refractivity contribution in [2.24, 2.45) is 4.74 Å². The van der Waals surface area contributed by atoms with Gasteiger partial charge in [-0.15, -0.1) is 0 Å². The van der Waals surface area contributed by atoms with Crippen LogP contribution >= 0.6 is 7.51 Å². The van der Waals surface area contributed by atoms with E-state index in [2.05, 4.69) is 44.1 Å². The van der Waals surface area contributed by atoms with Crippen LogP contribution in [0.25, 0.3) is 0 Å². The van der Waals surface area contributed by atoms with Gasteiger partial charge in [0.25, 0.3) is 0 Å². The van der Waals surface area contributed by atoms with Crippen LogP contribution in [0.1, 0.15) is 32.1 Å².